The maximum absolute atomic E-state index is 13.1. The highest BCUT2D eigenvalue weighted by atomic mass is 16.5. The molecule has 1 aliphatic rings. The van der Waals surface area contributed by atoms with Crippen LogP contribution < -0.4 is 9.64 Å². The number of amides is 1. The number of carbonyl (C=O) groups excluding carboxylic acids is 2. The molecule has 1 heterocycles. The first-order chi connectivity index (χ1) is 15.6. The Morgan fingerprint density at radius 1 is 1.12 bits per heavy atom. The van der Waals surface area contributed by atoms with Crippen LogP contribution >= 0.6 is 0 Å². The number of Topliss-reactive ketones (excluding diaryl/α,β-unsaturated/α-hetero) is 1. The summed E-state index contributed by atoms with van der Waals surface area (Å²) < 4.78 is 10.9. The smallest absolute Gasteiger partial charge is 0.295 e. The number of ether oxygens (including phenoxy) is 2. The van der Waals surface area contributed by atoms with Gasteiger partial charge < -0.3 is 24.4 Å². The fraction of sp³-hybridized carbons (Fsp3) is 0.385. The second-order valence-electron chi connectivity index (χ2n) is 8.58. The number of carbonyl (C=O) groups is 2. The van der Waals surface area contributed by atoms with E-state index in [9.17, 15) is 14.7 Å². The van der Waals surface area contributed by atoms with Crippen LogP contribution in [-0.2, 0) is 14.3 Å². The Balaban J connectivity index is 2.12. The van der Waals surface area contributed by atoms with E-state index in [4.69, 9.17) is 9.47 Å². The number of methoxy groups -OCH3 is 1. The van der Waals surface area contributed by atoms with Crippen LogP contribution in [0.2, 0.25) is 0 Å². The molecule has 0 aliphatic carbocycles. The summed E-state index contributed by atoms with van der Waals surface area (Å²) in [4.78, 5) is 29.6. The van der Waals surface area contributed by atoms with Crippen LogP contribution in [0.5, 0.6) is 5.75 Å². The van der Waals surface area contributed by atoms with Crippen LogP contribution in [0.3, 0.4) is 0 Å². The molecule has 1 N–H and O–H groups in total. The van der Waals surface area contributed by atoms with Crippen molar-refractivity contribution in [2.75, 3.05) is 39.3 Å². The van der Waals surface area contributed by atoms with E-state index < -0.39 is 17.7 Å². The summed E-state index contributed by atoms with van der Waals surface area (Å²) in [5, 5.41) is 11.3. The monoisotopic (exact) mass is 452 g/mol. The number of aliphatic hydroxyl groups is 1. The highest BCUT2D eigenvalue weighted by molar-refractivity contribution is 6.46. The number of rotatable bonds is 8. The zero-order valence-electron chi connectivity index (χ0n) is 20.1. The van der Waals surface area contributed by atoms with Crippen molar-refractivity contribution < 1.29 is 24.2 Å². The first-order valence-corrected chi connectivity index (χ1v) is 11.0. The van der Waals surface area contributed by atoms with Gasteiger partial charge >= 0.3 is 0 Å². The fourth-order valence-corrected chi connectivity index (χ4v) is 3.97. The first kappa shape index (κ1) is 24.3. The molecule has 0 spiro atoms. The second-order valence-corrected chi connectivity index (χ2v) is 8.58. The van der Waals surface area contributed by atoms with Gasteiger partial charge in [0.05, 0.1) is 31.4 Å². The molecule has 1 atom stereocenters. The van der Waals surface area contributed by atoms with E-state index in [0.717, 1.165) is 16.8 Å². The summed E-state index contributed by atoms with van der Waals surface area (Å²) in [6, 6.07) is 12.1. The Labute approximate surface area is 195 Å². The van der Waals surface area contributed by atoms with Gasteiger partial charge in [0, 0.05) is 31.9 Å². The van der Waals surface area contributed by atoms with Gasteiger partial charge in [0.15, 0.2) is 0 Å². The van der Waals surface area contributed by atoms with Crippen LogP contribution in [0.15, 0.2) is 48.0 Å². The molecule has 0 radical (unpaired) electrons. The van der Waals surface area contributed by atoms with E-state index in [1.807, 2.05) is 64.0 Å². The van der Waals surface area contributed by atoms with Gasteiger partial charge in [-0.05, 0) is 62.2 Å². The largest absolute Gasteiger partial charge is 0.507 e. The maximum Gasteiger partial charge on any atom is 0.295 e. The van der Waals surface area contributed by atoms with Crippen molar-refractivity contribution >= 4 is 23.1 Å². The van der Waals surface area contributed by atoms with Gasteiger partial charge in [-0.2, -0.15) is 0 Å². The SMILES string of the molecule is COc1ccc(/C(O)=C2/C(=O)C(=O)N(CCOC(C)C)C2c2ccc(N(C)C)cc2)c(C)c1. The van der Waals surface area contributed by atoms with Gasteiger partial charge in [-0.1, -0.05) is 12.1 Å². The third-order valence-electron chi connectivity index (χ3n) is 5.74. The van der Waals surface area contributed by atoms with Crippen LogP contribution in [0, 0.1) is 6.92 Å². The lowest BCUT2D eigenvalue weighted by molar-refractivity contribution is -0.140. The predicted molar refractivity (Wildman–Crippen MR) is 129 cm³/mol. The van der Waals surface area contributed by atoms with Crippen molar-refractivity contribution in [1.29, 1.82) is 0 Å². The van der Waals surface area contributed by atoms with Crippen molar-refractivity contribution in [1.82, 2.24) is 4.90 Å². The van der Waals surface area contributed by atoms with Gasteiger partial charge in [0.2, 0.25) is 0 Å². The Bertz CT molecular complexity index is 1060. The highest BCUT2D eigenvalue weighted by Gasteiger charge is 2.46. The Morgan fingerprint density at radius 3 is 2.33 bits per heavy atom. The quantitative estimate of drug-likeness (QED) is 0.372. The van der Waals surface area contributed by atoms with Gasteiger partial charge in [-0.15, -0.1) is 0 Å². The number of hydrogen-bond acceptors (Lipinski definition) is 6. The zero-order chi connectivity index (χ0) is 24.3. The van der Waals surface area contributed by atoms with E-state index in [1.165, 1.54) is 4.90 Å². The molecule has 7 heteroatoms. The third kappa shape index (κ3) is 5.03. The number of nitrogens with zero attached hydrogens (tertiary/aromatic N) is 2. The predicted octanol–water partition coefficient (Wildman–Crippen LogP) is 3.92. The molecule has 1 saturated heterocycles. The van der Waals surface area contributed by atoms with E-state index in [0.29, 0.717) is 17.9 Å². The average Bonchev–Trinajstić information content (AvgIpc) is 3.03. The summed E-state index contributed by atoms with van der Waals surface area (Å²) in [5.41, 5.74) is 3.04. The summed E-state index contributed by atoms with van der Waals surface area (Å²) in [6.45, 7) is 6.18. The van der Waals surface area contributed by atoms with Crippen molar-refractivity contribution in [3.05, 3.63) is 64.7 Å². The second kappa shape index (κ2) is 10.1. The van der Waals surface area contributed by atoms with E-state index in [1.54, 1.807) is 25.3 Å². The fourth-order valence-electron chi connectivity index (χ4n) is 3.97. The third-order valence-corrected chi connectivity index (χ3v) is 5.74. The molecular weight excluding hydrogens is 420 g/mol. The minimum atomic E-state index is -0.710. The highest BCUT2D eigenvalue weighted by Crippen LogP contribution is 2.40. The van der Waals surface area contributed by atoms with Gasteiger partial charge in [-0.3, -0.25) is 9.59 Å². The van der Waals surface area contributed by atoms with E-state index in [2.05, 4.69) is 0 Å². The minimum absolute atomic E-state index is 0.00148. The number of aryl methyl sites for hydroxylation is 1. The van der Waals surface area contributed by atoms with Crippen LogP contribution in [0.4, 0.5) is 5.69 Å². The summed E-state index contributed by atoms with van der Waals surface area (Å²) >= 11 is 0. The van der Waals surface area contributed by atoms with Crippen molar-refractivity contribution in [2.24, 2.45) is 0 Å². The zero-order valence-corrected chi connectivity index (χ0v) is 20.1. The Morgan fingerprint density at radius 2 is 1.79 bits per heavy atom. The van der Waals surface area contributed by atoms with Crippen LogP contribution in [0.1, 0.15) is 36.6 Å². The number of likely N-dealkylation sites (tertiary alicyclic amines) is 1. The molecule has 3 rings (SSSR count). The molecule has 2 aromatic carbocycles. The van der Waals surface area contributed by atoms with E-state index >= 15 is 0 Å². The number of benzene rings is 2. The Hall–Kier alpha value is -3.32. The first-order valence-electron chi connectivity index (χ1n) is 11.0. The molecule has 1 amide bonds. The summed E-state index contributed by atoms with van der Waals surface area (Å²) in [6.07, 6.45) is 0.00148. The molecular formula is C26H32N2O5. The van der Waals surface area contributed by atoms with Crippen molar-refractivity contribution in [3.63, 3.8) is 0 Å². The number of aliphatic hydroxyl groups excluding tert-OH is 1. The molecule has 0 saturated carbocycles. The molecule has 33 heavy (non-hydrogen) atoms. The van der Waals surface area contributed by atoms with Gasteiger partial charge in [0.1, 0.15) is 11.5 Å². The number of ketones is 1. The molecule has 7 nitrogen and oxygen atoms in total. The maximum atomic E-state index is 13.1. The average molecular weight is 453 g/mol. The van der Waals surface area contributed by atoms with Crippen molar-refractivity contribution in [2.45, 2.75) is 32.9 Å². The Kier molecular flexibility index (Phi) is 7.43. The van der Waals surface area contributed by atoms with Gasteiger partial charge in [-0.25, -0.2) is 0 Å². The van der Waals surface area contributed by atoms with Crippen molar-refractivity contribution in [3.8, 4) is 5.75 Å². The lowest BCUT2D eigenvalue weighted by Crippen LogP contribution is -2.33. The lowest BCUT2D eigenvalue weighted by atomic mass is 9.93. The molecule has 1 unspecified atom stereocenters. The van der Waals surface area contributed by atoms with Crippen LogP contribution in [-0.4, -0.2) is 62.2 Å². The minimum Gasteiger partial charge on any atom is -0.507 e. The molecule has 0 bridgehead atoms. The van der Waals surface area contributed by atoms with E-state index in [-0.39, 0.29) is 24.0 Å². The molecule has 1 fully saturated rings. The summed E-state index contributed by atoms with van der Waals surface area (Å²) in [5.74, 6) is -0.890. The standard InChI is InChI=1S/C26H32N2O5/c1-16(2)33-14-13-28-23(18-7-9-19(10-8-18)27(4)5)22(25(30)26(28)31)24(29)21-12-11-20(32-6)15-17(21)3/h7-12,15-16,23,29H,13-14H2,1-6H3/b24-22-. The molecule has 2 aromatic rings. The molecule has 0 aromatic heterocycles. The summed E-state index contributed by atoms with van der Waals surface area (Å²) in [7, 11) is 5.45. The number of hydrogen-bond donors (Lipinski definition) is 1. The molecule has 1 aliphatic heterocycles. The number of anilines is 1. The normalized spacial score (nSPS) is 17.7. The molecule has 176 valence electrons. The lowest BCUT2D eigenvalue weighted by Gasteiger charge is -2.26. The van der Waals surface area contributed by atoms with Gasteiger partial charge in [0.25, 0.3) is 11.7 Å². The topological polar surface area (TPSA) is 79.3 Å². The van der Waals surface area contributed by atoms with Crippen LogP contribution in [0.25, 0.3) is 5.76 Å².